The first-order valence-corrected chi connectivity index (χ1v) is 27.0. The first-order chi connectivity index (χ1) is 39.6. The molecule has 0 amide bonds. The lowest BCUT2D eigenvalue weighted by Crippen LogP contribution is -2.04. The minimum atomic E-state index is 0.551. The Labute approximate surface area is 464 Å². The Bertz CT molecular complexity index is 4570. The van der Waals surface area contributed by atoms with Crippen molar-refractivity contribution in [1.82, 2.24) is 24.1 Å². The molecule has 0 fully saturated rings. The zero-order valence-electron chi connectivity index (χ0n) is 43.8. The molecule has 3 aromatic heterocycles. The molecule has 14 rings (SSSR count). The van der Waals surface area contributed by atoms with Crippen LogP contribution in [0.5, 0.6) is 0 Å². The summed E-state index contributed by atoms with van der Waals surface area (Å²) in [6.45, 7) is 8.03. The second kappa shape index (κ2) is 20.3. The normalized spacial score (nSPS) is 11.7. The van der Waals surface area contributed by atoms with E-state index in [1.54, 1.807) is 6.08 Å². The van der Waals surface area contributed by atoms with E-state index in [-0.39, 0.29) is 0 Å². The number of fused-ring (bicyclic) bond motifs is 7. The van der Waals surface area contributed by atoms with Gasteiger partial charge >= 0.3 is 0 Å². The highest BCUT2D eigenvalue weighted by Crippen LogP contribution is 2.47. The molecule has 5 heteroatoms. The highest BCUT2D eigenvalue weighted by Gasteiger charge is 2.26. The molecule has 11 aromatic carbocycles. The number of allylic oxidation sites excluding steroid dienone is 4. The largest absolute Gasteiger partial charge is 0.309 e. The lowest BCUT2D eigenvalue weighted by molar-refractivity contribution is 1.07. The second-order valence-electron chi connectivity index (χ2n) is 20.0. The SMILES string of the molecule is C=C/C=C(\C=C)c1ccc(-c2nc(-c3cc(-c4ccccc4)cc(-c4ccccc4)c3)nc(-c3cc(-c4ccccc4)c(-n4c5ccccc5c5ccc6c(c7ccccc7n6-c6ccccc6)c54)c(-c4ccccc4)c3)n2)cc1. The smallest absolute Gasteiger partial charge is 0.164 e. The Morgan fingerprint density at radius 2 is 0.787 bits per heavy atom. The van der Waals surface area contributed by atoms with Crippen molar-refractivity contribution in [2.24, 2.45) is 0 Å². The van der Waals surface area contributed by atoms with Crippen LogP contribution in [0.1, 0.15) is 5.56 Å². The number of nitrogens with zero attached hydrogens (tertiary/aromatic N) is 5. The summed E-state index contributed by atoms with van der Waals surface area (Å²) in [6, 6.07) is 95.2. The summed E-state index contributed by atoms with van der Waals surface area (Å²) in [5.74, 6) is 1.67. The van der Waals surface area contributed by atoms with Crippen LogP contribution in [0.15, 0.2) is 298 Å². The lowest BCUT2D eigenvalue weighted by Gasteiger charge is -2.21. The molecule has 376 valence electrons. The molecule has 5 nitrogen and oxygen atoms in total. The van der Waals surface area contributed by atoms with Gasteiger partial charge in [-0.15, -0.1) is 0 Å². The van der Waals surface area contributed by atoms with E-state index in [9.17, 15) is 0 Å². The van der Waals surface area contributed by atoms with E-state index in [0.29, 0.717) is 17.5 Å². The molecule has 80 heavy (non-hydrogen) atoms. The predicted octanol–water partition coefficient (Wildman–Crippen LogP) is 19.5. The highest BCUT2D eigenvalue weighted by molar-refractivity contribution is 6.26. The molecule has 3 heterocycles. The van der Waals surface area contributed by atoms with Crippen LogP contribution in [0.2, 0.25) is 0 Å². The van der Waals surface area contributed by atoms with Gasteiger partial charge in [0.1, 0.15) is 0 Å². The van der Waals surface area contributed by atoms with Gasteiger partial charge in [0.25, 0.3) is 0 Å². The standard InChI is InChI=1S/C75H51N5/c1-3-24-50(4-2)53-39-41-56(42-40-53)73-76-74(59-46-57(51-25-10-5-11-26-51)45-58(47-59)52-27-12-6-13-28-52)78-75(77-73)60-48-65(54-29-14-7-15-30-54)71(66(49-60)55-31-16-8-17-32-55)80-67-37-22-20-35-62(67)63-43-44-69-70(72(63)80)64-36-21-23-38-68(64)79(69)61-33-18-9-19-34-61/h3-49H,1-2H2/b50-24+. The summed E-state index contributed by atoms with van der Waals surface area (Å²) in [5, 5.41) is 4.72. The van der Waals surface area contributed by atoms with E-state index < -0.39 is 0 Å². The number of aromatic nitrogens is 5. The number of para-hydroxylation sites is 3. The molecule has 0 unspecified atom stereocenters. The Kier molecular flexibility index (Phi) is 12.1. The van der Waals surface area contributed by atoms with Crippen molar-refractivity contribution in [3.8, 4) is 90.0 Å². The fourth-order valence-corrected chi connectivity index (χ4v) is 11.6. The van der Waals surface area contributed by atoms with E-state index in [1.807, 2.05) is 12.2 Å². The Hall–Kier alpha value is -10.8. The van der Waals surface area contributed by atoms with Gasteiger partial charge in [-0.2, -0.15) is 0 Å². The second-order valence-corrected chi connectivity index (χ2v) is 20.0. The van der Waals surface area contributed by atoms with Crippen molar-refractivity contribution in [2.75, 3.05) is 0 Å². The molecule has 0 saturated heterocycles. The van der Waals surface area contributed by atoms with Crippen LogP contribution in [-0.4, -0.2) is 24.1 Å². The molecule has 0 aliphatic carbocycles. The van der Waals surface area contributed by atoms with E-state index >= 15 is 0 Å². The van der Waals surface area contributed by atoms with Crippen LogP contribution < -0.4 is 0 Å². The Morgan fingerprint density at radius 1 is 0.338 bits per heavy atom. The molecule has 14 aromatic rings. The summed E-state index contributed by atoms with van der Waals surface area (Å²) in [4.78, 5) is 16.4. The van der Waals surface area contributed by atoms with Crippen LogP contribution in [0.25, 0.3) is 139 Å². The fraction of sp³-hybridized carbons (Fsp3) is 0. The molecule has 0 spiro atoms. The minimum absolute atomic E-state index is 0.551. The topological polar surface area (TPSA) is 48.5 Å². The summed E-state index contributed by atoms with van der Waals surface area (Å²) < 4.78 is 4.94. The van der Waals surface area contributed by atoms with Crippen molar-refractivity contribution < 1.29 is 0 Å². The van der Waals surface area contributed by atoms with E-state index in [1.165, 1.54) is 21.5 Å². The number of hydrogen-bond acceptors (Lipinski definition) is 3. The molecular formula is C75H51N5. The zero-order chi connectivity index (χ0) is 53.5. The van der Waals surface area contributed by atoms with Gasteiger partial charge < -0.3 is 9.13 Å². The number of rotatable bonds is 12. The van der Waals surface area contributed by atoms with Crippen LogP contribution in [0.4, 0.5) is 0 Å². The molecule has 0 bridgehead atoms. The average molecular weight is 1020 g/mol. The third kappa shape index (κ3) is 8.42. The molecule has 0 atom stereocenters. The predicted molar refractivity (Wildman–Crippen MR) is 335 cm³/mol. The van der Waals surface area contributed by atoms with Crippen LogP contribution in [0, 0.1) is 0 Å². The van der Waals surface area contributed by atoms with E-state index in [4.69, 9.17) is 15.0 Å². The van der Waals surface area contributed by atoms with Crippen LogP contribution in [-0.2, 0) is 0 Å². The fourth-order valence-electron chi connectivity index (χ4n) is 11.6. The summed E-state index contributed by atoms with van der Waals surface area (Å²) in [5.41, 5.74) is 19.8. The molecule has 0 saturated carbocycles. The lowest BCUT2D eigenvalue weighted by atomic mass is 9.92. The maximum absolute atomic E-state index is 5.56. The van der Waals surface area contributed by atoms with Gasteiger partial charge in [0.05, 0.1) is 27.8 Å². The molecule has 0 aliphatic heterocycles. The van der Waals surface area contributed by atoms with Gasteiger partial charge in [-0.05, 0) is 105 Å². The van der Waals surface area contributed by atoms with Crippen LogP contribution >= 0.6 is 0 Å². The van der Waals surface area contributed by atoms with Crippen molar-refractivity contribution in [2.45, 2.75) is 0 Å². The molecular weight excluding hydrogens is 971 g/mol. The van der Waals surface area contributed by atoms with Gasteiger partial charge in [-0.25, -0.2) is 15.0 Å². The Morgan fingerprint density at radius 3 is 1.32 bits per heavy atom. The first kappa shape index (κ1) is 47.7. The van der Waals surface area contributed by atoms with Gasteiger partial charge in [-0.1, -0.05) is 238 Å². The first-order valence-electron chi connectivity index (χ1n) is 27.0. The van der Waals surface area contributed by atoms with E-state index in [0.717, 1.165) is 106 Å². The van der Waals surface area contributed by atoms with Crippen molar-refractivity contribution in [3.05, 3.63) is 304 Å². The van der Waals surface area contributed by atoms with Gasteiger partial charge in [-0.3, -0.25) is 0 Å². The number of benzene rings is 11. The van der Waals surface area contributed by atoms with Gasteiger partial charge in [0.2, 0.25) is 0 Å². The average Bonchev–Trinajstić information content (AvgIpc) is 4.19. The third-order valence-corrected chi connectivity index (χ3v) is 15.3. The van der Waals surface area contributed by atoms with Crippen molar-refractivity contribution in [1.29, 1.82) is 0 Å². The molecule has 0 aliphatic rings. The quantitative estimate of drug-likeness (QED) is 0.115. The summed E-state index contributed by atoms with van der Waals surface area (Å²) >= 11 is 0. The number of hydrogen-bond donors (Lipinski definition) is 0. The summed E-state index contributed by atoms with van der Waals surface area (Å²) in [6.07, 6.45) is 5.60. The van der Waals surface area contributed by atoms with Crippen LogP contribution in [0.3, 0.4) is 0 Å². The van der Waals surface area contributed by atoms with E-state index in [2.05, 4.69) is 289 Å². The third-order valence-electron chi connectivity index (χ3n) is 15.3. The summed E-state index contributed by atoms with van der Waals surface area (Å²) in [7, 11) is 0. The minimum Gasteiger partial charge on any atom is -0.309 e. The molecule has 0 radical (unpaired) electrons. The Balaban J connectivity index is 1.08. The highest BCUT2D eigenvalue weighted by atomic mass is 15.0. The maximum Gasteiger partial charge on any atom is 0.164 e. The molecule has 0 N–H and O–H groups in total. The van der Waals surface area contributed by atoms with Gasteiger partial charge in [0, 0.05) is 55.0 Å². The van der Waals surface area contributed by atoms with Gasteiger partial charge in [0.15, 0.2) is 17.5 Å². The monoisotopic (exact) mass is 1020 g/mol. The van der Waals surface area contributed by atoms with Crippen molar-refractivity contribution in [3.63, 3.8) is 0 Å². The maximum atomic E-state index is 5.56. The van der Waals surface area contributed by atoms with Crippen molar-refractivity contribution >= 4 is 49.2 Å². The zero-order valence-corrected chi connectivity index (χ0v) is 43.8.